The molecule has 2 atom stereocenters. The molecule has 1 saturated carbocycles. The van der Waals surface area contributed by atoms with E-state index < -0.39 is 0 Å². The first-order chi connectivity index (χ1) is 6.71. The lowest BCUT2D eigenvalue weighted by Crippen LogP contribution is -2.54. The van der Waals surface area contributed by atoms with Gasteiger partial charge in [0, 0.05) is 12.1 Å². The SMILES string of the molecule is CC1CCCCC1(C)NC1=NCCN1. The van der Waals surface area contributed by atoms with Gasteiger partial charge in [0.2, 0.25) is 0 Å². The van der Waals surface area contributed by atoms with E-state index in [4.69, 9.17) is 0 Å². The van der Waals surface area contributed by atoms with Gasteiger partial charge < -0.3 is 10.6 Å². The van der Waals surface area contributed by atoms with E-state index in [0.29, 0.717) is 0 Å². The van der Waals surface area contributed by atoms with Gasteiger partial charge in [-0.25, -0.2) is 0 Å². The van der Waals surface area contributed by atoms with Crippen molar-refractivity contribution in [2.75, 3.05) is 13.1 Å². The Bertz CT molecular complexity index is 237. The maximum absolute atomic E-state index is 4.40. The molecular formula is C11H21N3. The van der Waals surface area contributed by atoms with E-state index in [2.05, 4.69) is 29.5 Å². The molecule has 14 heavy (non-hydrogen) atoms. The van der Waals surface area contributed by atoms with Gasteiger partial charge in [0.1, 0.15) is 0 Å². The molecule has 0 aromatic rings. The minimum absolute atomic E-state index is 0.258. The summed E-state index contributed by atoms with van der Waals surface area (Å²) in [6, 6.07) is 0. The van der Waals surface area contributed by atoms with Crippen molar-refractivity contribution >= 4 is 5.96 Å². The smallest absolute Gasteiger partial charge is 0.191 e. The van der Waals surface area contributed by atoms with Crippen molar-refractivity contribution in [2.24, 2.45) is 10.9 Å². The minimum atomic E-state index is 0.258. The average Bonchev–Trinajstić information content (AvgIpc) is 2.63. The second kappa shape index (κ2) is 3.79. The van der Waals surface area contributed by atoms with E-state index >= 15 is 0 Å². The zero-order chi connectivity index (χ0) is 10.0. The van der Waals surface area contributed by atoms with Crippen LogP contribution in [0, 0.1) is 5.92 Å². The molecule has 0 bridgehead atoms. The molecule has 2 N–H and O–H groups in total. The van der Waals surface area contributed by atoms with Crippen LogP contribution in [0.25, 0.3) is 0 Å². The predicted molar refractivity (Wildman–Crippen MR) is 59.5 cm³/mol. The highest BCUT2D eigenvalue weighted by molar-refractivity contribution is 5.81. The Morgan fingerprint density at radius 1 is 1.50 bits per heavy atom. The summed E-state index contributed by atoms with van der Waals surface area (Å²) < 4.78 is 0. The zero-order valence-electron chi connectivity index (χ0n) is 9.27. The zero-order valence-corrected chi connectivity index (χ0v) is 9.27. The number of rotatable bonds is 1. The van der Waals surface area contributed by atoms with Crippen LogP contribution in [0.3, 0.4) is 0 Å². The molecule has 0 aromatic heterocycles. The van der Waals surface area contributed by atoms with Crippen LogP contribution in [0.5, 0.6) is 0 Å². The lowest BCUT2D eigenvalue weighted by molar-refractivity contribution is 0.200. The number of nitrogens with one attached hydrogen (secondary N) is 2. The van der Waals surface area contributed by atoms with Crippen LogP contribution in [0.4, 0.5) is 0 Å². The van der Waals surface area contributed by atoms with Crippen molar-refractivity contribution in [1.82, 2.24) is 10.6 Å². The number of hydrogen-bond acceptors (Lipinski definition) is 3. The molecule has 3 nitrogen and oxygen atoms in total. The first-order valence-electron chi connectivity index (χ1n) is 5.77. The highest BCUT2D eigenvalue weighted by atomic mass is 15.2. The second-order valence-corrected chi connectivity index (χ2v) is 4.85. The average molecular weight is 195 g/mol. The van der Waals surface area contributed by atoms with Crippen molar-refractivity contribution in [3.8, 4) is 0 Å². The highest BCUT2D eigenvalue weighted by Gasteiger charge is 2.34. The Morgan fingerprint density at radius 2 is 2.36 bits per heavy atom. The Morgan fingerprint density at radius 3 is 3.00 bits per heavy atom. The Balaban J connectivity index is 1.99. The molecule has 0 spiro atoms. The lowest BCUT2D eigenvalue weighted by atomic mass is 9.75. The molecule has 0 radical (unpaired) electrons. The number of aliphatic imine (C=N–C) groups is 1. The van der Waals surface area contributed by atoms with E-state index in [1.54, 1.807) is 0 Å². The van der Waals surface area contributed by atoms with Crippen molar-refractivity contribution in [3.63, 3.8) is 0 Å². The quantitative estimate of drug-likeness (QED) is 0.665. The van der Waals surface area contributed by atoms with Gasteiger partial charge in [0.05, 0.1) is 6.54 Å². The van der Waals surface area contributed by atoms with Crippen LogP contribution < -0.4 is 10.6 Å². The largest absolute Gasteiger partial charge is 0.355 e. The molecule has 1 fully saturated rings. The van der Waals surface area contributed by atoms with Crippen LogP contribution in [0.1, 0.15) is 39.5 Å². The topological polar surface area (TPSA) is 36.4 Å². The van der Waals surface area contributed by atoms with Gasteiger partial charge >= 0.3 is 0 Å². The molecule has 3 heteroatoms. The summed E-state index contributed by atoms with van der Waals surface area (Å²) in [7, 11) is 0. The normalized spacial score (nSPS) is 37.6. The van der Waals surface area contributed by atoms with E-state index in [0.717, 1.165) is 25.0 Å². The fourth-order valence-corrected chi connectivity index (χ4v) is 2.45. The summed E-state index contributed by atoms with van der Waals surface area (Å²) in [6.45, 7) is 6.60. The predicted octanol–water partition coefficient (Wildman–Crippen LogP) is 1.50. The van der Waals surface area contributed by atoms with E-state index in [1.807, 2.05) is 0 Å². The standard InChI is InChI=1S/C11H21N3/c1-9-5-3-4-6-11(9,2)14-10-12-7-8-13-10/h9H,3-8H2,1-2H3,(H2,12,13,14). The highest BCUT2D eigenvalue weighted by Crippen LogP contribution is 2.33. The fraction of sp³-hybridized carbons (Fsp3) is 0.909. The van der Waals surface area contributed by atoms with Gasteiger partial charge in [-0.15, -0.1) is 0 Å². The molecule has 2 aliphatic rings. The Hall–Kier alpha value is -0.730. The third-order valence-electron chi connectivity index (χ3n) is 3.75. The third-order valence-corrected chi connectivity index (χ3v) is 3.75. The summed E-state index contributed by atoms with van der Waals surface area (Å²) in [6.07, 6.45) is 5.35. The van der Waals surface area contributed by atoms with Gasteiger partial charge in [-0.1, -0.05) is 19.8 Å². The molecule has 0 aromatic carbocycles. The van der Waals surface area contributed by atoms with Gasteiger partial charge in [-0.2, -0.15) is 0 Å². The van der Waals surface area contributed by atoms with E-state index in [-0.39, 0.29) is 5.54 Å². The molecule has 80 valence electrons. The van der Waals surface area contributed by atoms with Gasteiger partial charge in [0.15, 0.2) is 5.96 Å². The van der Waals surface area contributed by atoms with Crippen LogP contribution in [0.2, 0.25) is 0 Å². The van der Waals surface area contributed by atoms with Crippen molar-refractivity contribution in [2.45, 2.75) is 45.1 Å². The minimum Gasteiger partial charge on any atom is -0.355 e. The maximum Gasteiger partial charge on any atom is 0.191 e. The van der Waals surface area contributed by atoms with E-state index in [1.165, 1.54) is 25.7 Å². The summed E-state index contributed by atoms with van der Waals surface area (Å²) in [5, 5.41) is 6.87. The monoisotopic (exact) mass is 195 g/mol. The fourth-order valence-electron chi connectivity index (χ4n) is 2.45. The van der Waals surface area contributed by atoms with E-state index in [9.17, 15) is 0 Å². The molecule has 1 aliphatic heterocycles. The number of hydrogen-bond donors (Lipinski definition) is 2. The number of guanidine groups is 1. The third kappa shape index (κ3) is 1.86. The Kier molecular flexibility index (Phi) is 2.66. The van der Waals surface area contributed by atoms with Crippen LogP contribution >= 0.6 is 0 Å². The molecule has 1 heterocycles. The second-order valence-electron chi connectivity index (χ2n) is 4.85. The maximum atomic E-state index is 4.40. The summed E-state index contributed by atoms with van der Waals surface area (Å²) in [4.78, 5) is 4.40. The van der Waals surface area contributed by atoms with Crippen molar-refractivity contribution < 1.29 is 0 Å². The molecule has 2 rings (SSSR count). The van der Waals surface area contributed by atoms with Crippen LogP contribution in [-0.4, -0.2) is 24.6 Å². The van der Waals surface area contributed by atoms with Gasteiger partial charge in [-0.3, -0.25) is 4.99 Å². The lowest BCUT2D eigenvalue weighted by Gasteiger charge is -2.41. The molecule has 2 unspecified atom stereocenters. The molecule has 0 saturated heterocycles. The Labute approximate surface area is 86.4 Å². The first kappa shape index (κ1) is 9.81. The van der Waals surface area contributed by atoms with Crippen molar-refractivity contribution in [1.29, 1.82) is 0 Å². The van der Waals surface area contributed by atoms with Crippen molar-refractivity contribution in [3.05, 3.63) is 0 Å². The van der Waals surface area contributed by atoms with Gasteiger partial charge in [-0.05, 0) is 25.7 Å². The summed E-state index contributed by atoms with van der Waals surface area (Å²) in [5.41, 5.74) is 0.258. The van der Waals surface area contributed by atoms with Crippen LogP contribution in [0.15, 0.2) is 4.99 Å². The first-order valence-corrected chi connectivity index (χ1v) is 5.77. The van der Waals surface area contributed by atoms with Gasteiger partial charge in [0.25, 0.3) is 0 Å². The molecular weight excluding hydrogens is 174 g/mol. The van der Waals surface area contributed by atoms with Crippen LogP contribution in [-0.2, 0) is 0 Å². The number of nitrogens with zero attached hydrogens (tertiary/aromatic N) is 1. The molecule has 1 aliphatic carbocycles. The summed E-state index contributed by atoms with van der Waals surface area (Å²) >= 11 is 0. The summed E-state index contributed by atoms with van der Waals surface area (Å²) in [5.74, 6) is 1.77. The molecule has 0 amide bonds.